The molecule has 144 valence electrons. The Kier molecular flexibility index (Phi) is 8.13. The van der Waals surface area contributed by atoms with Crippen molar-refractivity contribution in [3.63, 3.8) is 0 Å². The molecule has 1 amide bonds. The van der Waals surface area contributed by atoms with E-state index in [4.69, 9.17) is 9.73 Å². The normalized spacial score (nSPS) is 24.1. The lowest BCUT2D eigenvalue weighted by molar-refractivity contribution is -0.135. The molecule has 0 aromatic rings. The zero-order chi connectivity index (χ0) is 17.0. The highest BCUT2D eigenvalue weighted by atomic mass is 127. The summed E-state index contributed by atoms with van der Waals surface area (Å²) >= 11 is 1.90. The van der Waals surface area contributed by atoms with Crippen molar-refractivity contribution >= 4 is 47.6 Å². The van der Waals surface area contributed by atoms with Crippen LogP contribution in [0.1, 0.15) is 32.6 Å². The first-order valence-corrected chi connectivity index (χ1v) is 10.4. The number of halogens is 1. The van der Waals surface area contributed by atoms with Gasteiger partial charge >= 0.3 is 0 Å². The maximum Gasteiger partial charge on any atom is 0.242 e. The molecule has 0 spiro atoms. The fourth-order valence-corrected chi connectivity index (χ4v) is 4.22. The van der Waals surface area contributed by atoms with Crippen LogP contribution >= 0.6 is 35.7 Å². The van der Waals surface area contributed by atoms with E-state index in [0.29, 0.717) is 12.6 Å². The quantitative estimate of drug-likeness (QED) is 0.368. The number of nitrogens with zero attached hydrogens (tertiary/aromatic N) is 3. The van der Waals surface area contributed by atoms with Crippen LogP contribution in [0.2, 0.25) is 0 Å². The molecule has 0 atom stereocenters. The van der Waals surface area contributed by atoms with Gasteiger partial charge in [-0.1, -0.05) is 0 Å². The number of hydrogen-bond donors (Lipinski definition) is 1. The highest BCUT2D eigenvalue weighted by Crippen LogP contribution is 2.34. The van der Waals surface area contributed by atoms with Crippen molar-refractivity contribution < 1.29 is 9.53 Å². The average Bonchev–Trinajstić information content (AvgIpc) is 3.44. The Hall–Kier alpha value is -0.220. The first-order valence-electron chi connectivity index (χ1n) is 9.13. The second kappa shape index (κ2) is 9.64. The van der Waals surface area contributed by atoms with E-state index in [1.54, 1.807) is 0 Å². The van der Waals surface area contributed by atoms with E-state index < -0.39 is 0 Å². The molecule has 0 bridgehead atoms. The Morgan fingerprint density at radius 1 is 1.36 bits per heavy atom. The number of amides is 1. The van der Waals surface area contributed by atoms with E-state index in [1.165, 1.54) is 12.8 Å². The SMILES string of the molecule is CCNC(=NCC1(SC)CCOCC1)N1CCN(C2CC2)C(=O)C1.I. The van der Waals surface area contributed by atoms with Crippen LogP contribution in [0.15, 0.2) is 4.99 Å². The molecule has 8 heteroatoms. The lowest BCUT2D eigenvalue weighted by atomic mass is 9.99. The lowest BCUT2D eigenvalue weighted by Gasteiger charge is -2.37. The summed E-state index contributed by atoms with van der Waals surface area (Å²) in [5.74, 6) is 1.14. The van der Waals surface area contributed by atoms with Crippen LogP contribution < -0.4 is 5.32 Å². The molecule has 6 nitrogen and oxygen atoms in total. The number of carbonyl (C=O) groups excluding carboxylic acids is 1. The van der Waals surface area contributed by atoms with Crippen molar-refractivity contribution in [2.75, 3.05) is 52.2 Å². The van der Waals surface area contributed by atoms with Crippen LogP contribution in [-0.2, 0) is 9.53 Å². The Morgan fingerprint density at radius 3 is 2.64 bits per heavy atom. The molecule has 0 aromatic carbocycles. The van der Waals surface area contributed by atoms with E-state index in [-0.39, 0.29) is 34.6 Å². The first-order chi connectivity index (χ1) is 11.7. The number of hydrogen-bond acceptors (Lipinski definition) is 4. The van der Waals surface area contributed by atoms with Gasteiger partial charge in [-0.05, 0) is 38.9 Å². The summed E-state index contributed by atoms with van der Waals surface area (Å²) in [6.45, 7) is 7.51. The van der Waals surface area contributed by atoms with Crippen LogP contribution in [-0.4, -0.2) is 84.6 Å². The van der Waals surface area contributed by atoms with Gasteiger partial charge < -0.3 is 19.9 Å². The van der Waals surface area contributed by atoms with Crippen LogP contribution in [0.5, 0.6) is 0 Å². The Morgan fingerprint density at radius 2 is 2.08 bits per heavy atom. The van der Waals surface area contributed by atoms with Crippen molar-refractivity contribution in [1.82, 2.24) is 15.1 Å². The minimum atomic E-state index is 0. The van der Waals surface area contributed by atoms with Gasteiger partial charge in [-0.3, -0.25) is 9.79 Å². The molecular formula is C17H31IN4O2S. The minimum absolute atomic E-state index is 0. The standard InChI is InChI=1S/C17H30N4O2S.HI/c1-3-18-16(19-13-17(24-2)6-10-23-11-7-17)20-8-9-21(14-4-5-14)15(22)12-20;/h14H,3-13H2,1-2H3,(H,18,19);1H. The third-order valence-corrected chi connectivity index (χ3v) is 6.64. The number of carbonyl (C=O) groups is 1. The van der Waals surface area contributed by atoms with Crippen LogP contribution in [0.3, 0.4) is 0 Å². The fourth-order valence-electron chi connectivity index (χ4n) is 3.45. The largest absolute Gasteiger partial charge is 0.381 e. The number of nitrogens with one attached hydrogen (secondary N) is 1. The predicted molar refractivity (Wildman–Crippen MR) is 114 cm³/mol. The number of piperazine rings is 1. The molecule has 3 rings (SSSR count). The van der Waals surface area contributed by atoms with Gasteiger partial charge in [0, 0.05) is 43.6 Å². The Balaban J connectivity index is 0.00000225. The summed E-state index contributed by atoms with van der Waals surface area (Å²) in [6.07, 6.45) is 6.62. The van der Waals surface area contributed by atoms with Gasteiger partial charge in [-0.15, -0.1) is 24.0 Å². The molecule has 25 heavy (non-hydrogen) atoms. The molecule has 3 fully saturated rings. The molecule has 2 heterocycles. The van der Waals surface area contributed by atoms with E-state index >= 15 is 0 Å². The molecule has 1 N–H and O–H groups in total. The predicted octanol–water partition coefficient (Wildman–Crippen LogP) is 1.79. The van der Waals surface area contributed by atoms with Gasteiger partial charge in [-0.25, -0.2) is 0 Å². The van der Waals surface area contributed by atoms with E-state index in [2.05, 4.69) is 28.3 Å². The number of thioether (sulfide) groups is 1. The fraction of sp³-hybridized carbons (Fsp3) is 0.882. The molecular weight excluding hydrogens is 451 g/mol. The number of rotatable bonds is 5. The van der Waals surface area contributed by atoms with Gasteiger partial charge in [0.05, 0.1) is 13.1 Å². The van der Waals surface area contributed by atoms with Crippen molar-refractivity contribution in [2.24, 2.45) is 4.99 Å². The number of aliphatic imine (C=N–C) groups is 1. The maximum absolute atomic E-state index is 12.4. The highest BCUT2D eigenvalue weighted by Gasteiger charge is 2.37. The van der Waals surface area contributed by atoms with E-state index in [1.807, 2.05) is 11.8 Å². The molecule has 0 aromatic heterocycles. The van der Waals surface area contributed by atoms with Crippen molar-refractivity contribution in [1.29, 1.82) is 0 Å². The summed E-state index contributed by atoms with van der Waals surface area (Å²) in [7, 11) is 0. The molecule has 2 aliphatic heterocycles. The molecule has 0 radical (unpaired) electrons. The minimum Gasteiger partial charge on any atom is -0.381 e. The molecule has 1 saturated carbocycles. The number of guanidine groups is 1. The second-order valence-corrected chi connectivity index (χ2v) is 8.18. The summed E-state index contributed by atoms with van der Waals surface area (Å²) < 4.78 is 5.69. The van der Waals surface area contributed by atoms with Gasteiger partial charge in [0.25, 0.3) is 0 Å². The summed E-state index contributed by atoms with van der Waals surface area (Å²) in [4.78, 5) is 21.5. The van der Waals surface area contributed by atoms with E-state index in [0.717, 1.165) is 58.2 Å². The van der Waals surface area contributed by atoms with Gasteiger partial charge in [0.2, 0.25) is 5.91 Å². The molecule has 0 unspecified atom stereocenters. The number of ether oxygens (including phenoxy) is 1. The molecule has 1 aliphatic carbocycles. The Bertz CT molecular complexity index is 481. The molecule has 3 aliphatic rings. The van der Waals surface area contributed by atoms with Gasteiger partial charge in [0.1, 0.15) is 0 Å². The van der Waals surface area contributed by atoms with Crippen LogP contribution in [0.25, 0.3) is 0 Å². The average molecular weight is 482 g/mol. The smallest absolute Gasteiger partial charge is 0.242 e. The zero-order valence-electron chi connectivity index (χ0n) is 15.3. The summed E-state index contributed by atoms with van der Waals surface area (Å²) in [5, 5.41) is 3.38. The lowest BCUT2D eigenvalue weighted by Crippen LogP contribution is -2.56. The van der Waals surface area contributed by atoms with Crippen molar-refractivity contribution in [3.8, 4) is 0 Å². The van der Waals surface area contributed by atoms with Crippen molar-refractivity contribution in [2.45, 2.75) is 43.4 Å². The van der Waals surface area contributed by atoms with Gasteiger partial charge in [0.15, 0.2) is 5.96 Å². The first kappa shape index (κ1) is 21.1. The zero-order valence-corrected chi connectivity index (χ0v) is 18.5. The van der Waals surface area contributed by atoms with Gasteiger partial charge in [-0.2, -0.15) is 11.8 Å². The highest BCUT2D eigenvalue weighted by molar-refractivity contribution is 14.0. The summed E-state index contributed by atoms with van der Waals surface area (Å²) in [5.41, 5.74) is 0. The monoisotopic (exact) mass is 482 g/mol. The maximum atomic E-state index is 12.4. The van der Waals surface area contributed by atoms with E-state index in [9.17, 15) is 4.79 Å². The summed E-state index contributed by atoms with van der Waals surface area (Å²) in [6, 6.07) is 0.515. The second-order valence-electron chi connectivity index (χ2n) is 6.91. The third kappa shape index (κ3) is 5.38. The van der Waals surface area contributed by atoms with Crippen LogP contribution in [0.4, 0.5) is 0 Å². The topological polar surface area (TPSA) is 57.2 Å². The third-order valence-electron chi connectivity index (χ3n) is 5.23. The molecule has 2 saturated heterocycles. The van der Waals surface area contributed by atoms with Crippen molar-refractivity contribution in [3.05, 3.63) is 0 Å². The Labute approximate surface area is 172 Å². The van der Waals surface area contributed by atoms with Crippen LogP contribution in [0, 0.1) is 0 Å².